The number of nitrogens with zero attached hydrogens (tertiary/aromatic N) is 3. The van der Waals surface area contributed by atoms with Gasteiger partial charge in [-0.25, -0.2) is 0 Å². The minimum atomic E-state index is -0.0219. The number of likely N-dealkylation sites (tertiary alicyclic amines) is 2. The monoisotopic (exact) mass is 347 g/mol. The van der Waals surface area contributed by atoms with Crippen molar-refractivity contribution in [2.45, 2.75) is 19.4 Å². The fourth-order valence-corrected chi connectivity index (χ4v) is 4.24. The van der Waals surface area contributed by atoms with Gasteiger partial charge in [0, 0.05) is 45.5 Å². The Kier molecular flexibility index (Phi) is 6.04. The summed E-state index contributed by atoms with van der Waals surface area (Å²) in [5.74, 6) is 0.212. The van der Waals surface area contributed by atoms with Crippen LogP contribution in [-0.4, -0.2) is 74.3 Å². The molecule has 2 fully saturated rings. The average Bonchev–Trinajstić information content (AvgIpc) is 2.89. The van der Waals surface area contributed by atoms with Crippen LogP contribution in [0.25, 0.3) is 0 Å². The van der Waals surface area contributed by atoms with Crippen LogP contribution in [0.2, 0.25) is 0 Å². The van der Waals surface area contributed by atoms with E-state index in [1.807, 2.05) is 23.2 Å². The minimum Gasteiger partial charge on any atom is -0.384 e. The number of amides is 1. The van der Waals surface area contributed by atoms with Crippen molar-refractivity contribution in [3.63, 3.8) is 0 Å². The molecule has 0 aliphatic carbocycles. The second-order valence-corrected chi connectivity index (χ2v) is 7.22. The smallest absolute Gasteiger partial charge is 0.228 e. The zero-order valence-corrected chi connectivity index (χ0v) is 15.3. The lowest BCUT2D eigenvalue weighted by Gasteiger charge is -2.41. The Labute approximate surface area is 150 Å². The first-order valence-corrected chi connectivity index (χ1v) is 9.07. The summed E-state index contributed by atoms with van der Waals surface area (Å²) in [5.41, 5.74) is 1.15. The third kappa shape index (κ3) is 4.02. The van der Waals surface area contributed by atoms with Crippen molar-refractivity contribution >= 4 is 5.91 Å². The van der Waals surface area contributed by atoms with Crippen LogP contribution in [-0.2, 0) is 20.8 Å². The Morgan fingerprint density at radius 2 is 2.04 bits per heavy atom. The van der Waals surface area contributed by atoms with Gasteiger partial charge in [-0.2, -0.15) is 0 Å². The molecule has 1 amide bonds. The molecule has 0 aromatic carbocycles. The third-order valence-electron chi connectivity index (χ3n) is 5.72. The van der Waals surface area contributed by atoms with Gasteiger partial charge in [0.2, 0.25) is 5.91 Å². The molecule has 1 spiro atoms. The molecule has 1 atom stereocenters. The SMILES string of the molecule is COCCN1CC2(CCN(Cc3ccccn3)CC2)[C@@H](COC)C1=O. The molecule has 0 radical (unpaired) electrons. The molecule has 0 N–H and O–H groups in total. The van der Waals surface area contributed by atoms with Crippen molar-refractivity contribution in [2.75, 3.05) is 53.6 Å². The molecule has 0 bridgehead atoms. The number of hydrogen-bond donors (Lipinski definition) is 0. The van der Waals surface area contributed by atoms with Crippen LogP contribution in [0.5, 0.6) is 0 Å². The topological polar surface area (TPSA) is 54.9 Å². The highest BCUT2D eigenvalue weighted by atomic mass is 16.5. The van der Waals surface area contributed by atoms with E-state index in [0.717, 1.165) is 44.7 Å². The predicted octanol–water partition coefficient (Wildman–Crippen LogP) is 1.42. The number of carbonyl (C=O) groups is 1. The summed E-state index contributed by atoms with van der Waals surface area (Å²) in [4.78, 5) is 21.7. The second kappa shape index (κ2) is 8.25. The van der Waals surface area contributed by atoms with E-state index in [-0.39, 0.29) is 17.2 Å². The fourth-order valence-electron chi connectivity index (χ4n) is 4.24. The molecule has 3 heterocycles. The lowest BCUT2D eigenvalue weighted by Crippen LogP contribution is -2.45. The quantitative estimate of drug-likeness (QED) is 0.747. The molecule has 25 heavy (non-hydrogen) atoms. The van der Waals surface area contributed by atoms with E-state index in [2.05, 4.69) is 16.0 Å². The summed E-state index contributed by atoms with van der Waals surface area (Å²) in [6, 6.07) is 6.05. The maximum absolute atomic E-state index is 12.8. The molecule has 6 nitrogen and oxygen atoms in total. The molecule has 1 aromatic heterocycles. The number of methoxy groups -OCH3 is 2. The third-order valence-corrected chi connectivity index (χ3v) is 5.72. The van der Waals surface area contributed by atoms with Gasteiger partial charge in [-0.3, -0.25) is 14.7 Å². The van der Waals surface area contributed by atoms with E-state index in [4.69, 9.17) is 9.47 Å². The van der Waals surface area contributed by atoms with Gasteiger partial charge in [-0.1, -0.05) is 6.07 Å². The van der Waals surface area contributed by atoms with Gasteiger partial charge in [-0.15, -0.1) is 0 Å². The van der Waals surface area contributed by atoms with Crippen LogP contribution in [0.15, 0.2) is 24.4 Å². The molecule has 2 saturated heterocycles. The maximum atomic E-state index is 12.8. The number of rotatable bonds is 7. The van der Waals surface area contributed by atoms with Crippen molar-refractivity contribution < 1.29 is 14.3 Å². The molecule has 0 saturated carbocycles. The van der Waals surface area contributed by atoms with Gasteiger partial charge >= 0.3 is 0 Å². The van der Waals surface area contributed by atoms with E-state index in [1.54, 1.807) is 14.2 Å². The Morgan fingerprint density at radius 1 is 1.24 bits per heavy atom. The molecule has 6 heteroatoms. The lowest BCUT2D eigenvalue weighted by atomic mass is 9.71. The summed E-state index contributed by atoms with van der Waals surface area (Å²) in [6.07, 6.45) is 3.91. The summed E-state index contributed by atoms with van der Waals surface area (Å²) in [5, 5.41) is 0. The van der Waals surface area contributed by atoms with Crippen molar-refractivity contribution in [1.29, 1.82) is 0 Å². The molecule has 1 aromatic rings. The highest BCUT2D eigenvalue weighted by Gasteiger charge is 2.52. The highest BCUT2D eigenvalue weighted by molar-refractivity contribution is 5.82. The summed E-state index contributed by atoms with van der Waals surface area (Å²) in [6.45, 7) is 5.50. The zero-order valence-electron chi connectivity index (χ0n) is 15.3. The number of pyridine rings is 1. The van der Waals surface area contributed by atoms with Crippen LogP contribution < -0.4 is 0 Å². The molecular formula is C19H29N3O3. The average molecular weight is 347 g/mol. The summed E-state index contributed by atoms with van der Waals surface area (Å²) in [7, 11) is 3.37. The Balaban J connectivity index is 1.63. The number of ether oxygens (including phenoxy) is 2. The van der Waals surface area contributed by atoms with E-state index >= 15 is 0 Å². The van der Waals surface area contributed by atoms with Gasteiger partial charge in [0.25, 0.3) is 0 Å². The first-order valence-electron chi connectivity index (χ1n) is 9.07. The highest BCUT2D eigenvalue weighted by Crippen LogP contribution is 2.45. The van der Waals surface area contributed by atoms with E-state index < -0.39 is 0 Å². The van der Waals surface area contributed by atoms with Crippen LogP contribution in [0.1, 0.15) is 18.5 Å². The van der Waals surface area contributed by atoms with E-state index in [0.29, 0.717) is 19.8 Å². The van der Waals surface area contributed by atoms with Crippen LogP contribution >= 0.6 is 0 Å². The van der Waals surface area contributed by atoms with Crippen LogP contribution in [0.3, 0.4) is 0 Å². The number of carbonyl (C=O) groups excluding carboxylic acids is 1. The first kappa shape index (κ1) is 18.3. The van der Waals surface area contributed by atoms with Crippen molar-refractivity contribution in [2.24, 2.45) is 11.3 Å². The Morgan fingerprint density at radius 3 is 2.68 bits per heavy atom. The largest absolute Gasteiger partial charge is 0.384 e. The maximum Gasteiger partial charge on any atom is 0.228 e. The van der Waals surface area contributed by atoms with Gasteiger partial charge in [0.15, 0.2) is 0 Å². The molecule has 2 aliphatic heterocycles. The molecular weight excluding hydrogens is 318 g/mol. The standard InChI is InChI=1S/C19H29N3O3/c1-24-12-11-22-15-19(17(14-25-2)18(22)23)6-9-21(10-7-19)13-16-5-3-4-8-20-16/h3-5,8,17H,6-7,9-15H2,1-2H3/t17-/m0/s1. The minimum absolute atomic E-state index is 0.0219. The molecule has 0 unspecified atom stereocenters. The summed E-state index contributed by atoms with van der Waals surface area (Å²) < 4.78 is 10.6. The van der Waals surface area contributed by atoms with Crippen molar-refractivity contribution in [3.05, 3.63) is 30.1 Å². The van der Waals surface area contributed by atoms with Crippen LogP contribution in [0, 0.1) is 11.3 Å². The molecule has 2 aliphatic rings. The van der Waals surface area contributed by atoms with E-state index in [1.165, 1.54) is 0 Å². The number of aromatic nitrogens is 1. The normalized spacial score (nSPS) is 23.5. The zero-order chi connectivity index (χ0) is 17.7. The fraction of sp³-hybridized carbons (Fsp3) is 0.684. The Bertz CT molecular complexity index is 558. The molecule has 138 valence electrons. The lowest BCUT2D eigenvalue weighted by molar-refractivity contribution is -0.134. The molecule has 3 rings (SSSR count). The Hall–Kier alpha value is -1.50. The van der Waals surface area contributed by atoms with Gasteiger partial charge in [0.1, 0.15) is 0 Å². The van der Waals surface area contributed by atoms with Crippen molar-refractivity contribution in [1.82, 2.24) is 14.8 Å². The van der Waals surface area contributed by atoms with Crippen LogP contribution in [0.4, 0.5) is 0 Å². The van der Waals surface area contributed by atoms with Gasteiger partial charge in [-0.05, 0) is 38.1 Å². The van der Waals surface area contributed by atoms with Gasteiger partial charge < -0.3 is 14.4 Å². The summed E-state index contributed by atoms with van der Waals surface area (Å²) >= 11 is 0. The first-order chi connectivity index (χ1) is 12.2. The second-order valence-electron chi connectivity index (χ2n) is 7.22. The van der Waals surface area contributed by atoms with E-state index in [9.17, 15) is 4.79 Å². The number of hydrogen-bond acceptors (Lipinski definition) is 5. The number of piperidine rings is 1. The van der Waals surface area contributed by atoms with Gasteiger partial charge in [0.05, 0.1) is 24.8 Å². The van der Waals surface area contributed by atoms with Crippen molar-refractivity contribution in [3.8, 4) is 0 Å². The predicted molar refractivity (Wildman–Crippen MR) is 95.0 cm³/mol.